The van der Waals surface area contributed by atoms with Gasteiger partial charge in [0.25, 0.3) is 0 Å². The van der Waals surface area contributed by atoms with Crippen LogP contribution >= 0.6 is 11.6 Å². The zero-order valence-corrected chi connectivity index (χ0v) is 14.3. The van der Waals surface area contributed by atoms with E-state index in [0.717, 1.165) is 57.7 Å². The molecule has 1 aromatic rings. The molecule has 5 nitrogen and oxygen atoms in total. The van der Waals surface area contributed by atoms with E-state index in [1.807, 2.05) is 11.0 Å². The molecule has 126 valence electrons. The fourth-order valence-electron chi connectivity index (χ4n) is 3.55. The largest absolute Gasteiger partial charge is 0.377 e. The quantitative estimate of drug-likeness (QED) is 0.850. The maximum absolute atomic E-state index is 12.8. The standard InChI is InChI=1S/C17H24ClN3O2/c1-2-16-13(4-3-11-23-16)17(22)21-9-7-20(8-10-21)15-5-6-19-12-14(15)18/h5-6,12-13,16H,2-4,7-11H2,1H3. The van der Waals surface area contributed by atoms with Gasteiger partial charge in [-0.25, -0.2) is 0 Å². The molecule has 0 aliphatic carbocycles. The van der Waals surface area contributed by atoms with Gasteiger partial charge in [-0.1, -0.05) is 18.5 Å². The van der Waals surface area contributed by atoms with Gasteiger partial charge in [0, 0.05) is 45.2 Å². The molecular formula is C17H24ClN3O2. The molecule has 0 bridgehead atoms. The molecule has 2 atom stereocenters. The van der Waals surface area contributed by atoms with Crippen molar-refractivity contribution < 1.29 is 9.53 Å². The third-order valence-corrected chi connectivity index (χ3v) is 5.13. The van der Waals surface area contributed by atoms with Crippen molar-refractivity contribution in [3.8, 4) is 0 Å². The number of anilines is 1. The fourth-order valence-corrected chi connectivity index (χ4v) is 3.79. The molecule has 6 heteroatoms. The first-order valence-corrected chi connectivity index (χ1v) is 8.83. The van der Waals surface area contributed by atoms with E-state index in [0.29, 0.717) is 5.02 Å². The molecule has 2 unspecified atom stereocenters. The number of rotatable bonds is 3. The Balaban J connectivity index is 1.60. The average Bonchev–Trinajstić information content (AvgIpc) is 2.61. The van der Waals surface area contributed by atoms with E-state index < -0.39 is 0 Å². The van der Waals surface area contributed by atoms with Crippen molar-refractivity contribution >= 4 is 23.2 Å². The highest BCUT2D eigenvalue weighted by atomic mass is 35.5. The Labute approximate surface area is 142 Å². The predicted molar refractivity (Wildman–Crippen MR) is 90.8 cm³/mol. The molecule has 1 amide bonds. The van der Waals surface area contributed by atoms with Gasteiger partial charge < -0.3 is 14.5 Å². The molecule has 23 heavy (non-hydrogen) atoms. The van der Waals surface area contributed by atoms with Gasteiger partial charge in [-0.2, -0.15) is 0 Å². The number of amides is 1. The van der Waals surface area contributed by atoms with Crippen molar-refractivity contribution in [2.45, 2.75) is 32.3 Å². The molecular weight excluding hydrogens is 314 g/mol. The van der Waals surface area contributed by atoms with Gasteiger partial charge in [-0.15, -0.1) is 0 Å². The first-order chi connectivity index (χ1) is 11.2. The number of piperazine rings is 1. The maximum atomic E-state index is 12.8. The Hall–Kier alpha value is -1.33. The monoisotopic (exact) mass is 337 g/mol. The third-order valence-electron chi connectivity index (χ3n) is 4.84. The van der Waals surface area contributed by atoms with E-state index in [-0.39, 0.29) is 17.9 Å². The summed E-state index contributed by atoms with van der Waals surface area (Å²) >= 11 is 6.21. The predicted octanol–water partition coefficient (Wildman–Crippen LogP) is 2.59. The molecule has 0 N–H and O–H groups in total. The molecule has 0 saturated carbocycles. The molecule has 2 saturated heterocycles. The van der Waals surface area contributed by atoms with Gasteiger partial charge in [0.15, 0.2) is 0 Å². The summed E-state index contributed by atoms with van der Waals surface area (Å²) in [6.45, 7) is 5.98. The van der Waals surface area contributed by atoms with Gasteiger partial charge in [0.1, 0.15) is 0 Å². The summed E-state index contributed by atoms with van der Waals surface area (Å²) in [4.78, 5) is 21.1. The summed E-state index contributed by atoms with van der Waals surface area (Å²) in [5.41, 5.74) is 1.00. The Kier molecular flexibility index (Phi) is 5.38. The molecule has 0 radical (unpaired) electrons. The normalized spacial score (nSPS) is 25.5. The lowest BCUT2D eigenvalue weighted by Gasteiger charge is -2.40. The Morgan fingerprint density at radius 1 is 1.39 bits per heavy atom. The van der Waals surface area contributed by atoms with Crippen LogP contribution in [0.2, 0.25) is 5.02 Å². The highest BCUT2D eigenvalue weighted by Gasteiger charge is 2.34. The van der Waals surface area contributed by atoms with Gasteiger partial charge in [0.05, 0.1) is 22.7 Å². The van der Waals surface area contributed by atoms with E-state index in [1.165, 1.54) is 0 Å². The van der Waals surface area contributed by atoms with Crippen molar-refractivity contribution in [1.29, 1.82) is 0 Å². The topological polar surface area (TPSA) is 45.7 Å². The Morgan fingerprint density at radius 3 is 2.87 bits per heavy atom. The van der Waals surface area contributed by atoms with E-state index in [1.54, 1.807) is 12.4 Å². The van der Waals surface area contributed by atoms with Crippen LogP contribution in [0.3, 0.4) is 0 Å². The van der Waals surface area contributed by atoms with E-state index in [9.17, 15) is 4.79 Å². The number of hydrogen-bond acceptors (Lipinski definition) is 4. The highest BCUT2D eigenvalue weighted by molar-refractivity contribution is 6.33. The molecule has 0 aromatic carbocycles. The fraction of sp³-hybridized carbons (Fsp3) is 0.647. The van der Waals surface area contributed by atoms with Crippen LogP contribution in [-0.2, 0) is 9.53 Å². The lowest BCUT2D eigenvalue weighted by atomic mass is 9.91. The molecule has 2 fully saturated rings. The number of aromatic nitrogens is 1. The number of carbonyl (C=O) groups is 1. The maximum Gasteiger partial charge on any atom is 0.228 e. The van der Waals surface area contributed by atoms with Crippen LogP contribution in [-0.4, -0.2) is 54.7 Å². The number of pyridine rings is 1. The summed E-state index contributed by atoms with van der Waals surface area (Å²) in [6, 6.07) is 1.93. The third kappa shape index (κ3) is 3.61. The number of ether oxygens (including phenoxy) is 1. The smallest absolute Gasteiger partial charge is 0.228 e. The van der Waals surface area contributed by atoms with Crippen LogP contribution in [0, 0.1) is 5.92 Å². The van der Waals surface area contributed by atoms with Gasteiger partial charge in [-0.05, 0) is 25.3 Å². The van der Waals surface area contributed by atoms with Gasteiger partial charge in [0.2, 0.25) is 5.91 Å². The summed E-state index contributed by atoms with van der Waals surface area (Å²) in [5, 5.41) is 0.666. The van der Waals surface area contributed by atoms with E-state index in [4.69, 9.17) is 16.3 Å². The van der Waals surface area contributed by atoms with Crippen molar-refractivity contribution in [3.05, 3.63) is 23.5 Å². The number of hydrogen-bond donors (Lipinski definition) is 0. The van der Waals surface area contributed by atoms with Crippen LogP contribution in [0.5, 0.6) is 0 Å². The minimum absolute atomic E-state index is 0.0322. The van der Waals surface area contributed by atoms with Crippen molar-refractivity contribution in [3.63, 3.8) is 0 Å². The average molecular weight is 338 g/mol. The first-order valence-electron chi connectivity index (χ1n) is 8.45. The molecule has 2 aliphatic rings. The molecule has 3 heterocycles. The van der Waals surface area contributed by atoms with Crippen LogP contribution < -0.4 is 4.90 Å². The minimum Gasteiger partial charge on any atom is -0.377 e. The van der Waals surface area contributed by atoms with Crippen LogP contribution in [0.1, 0.15) is 26.2 Å². The van der Waals surface area contributed by atoms with Gasteiger partial charge >= 0.3 is 0 Å². The minimum atomic E-state index is 0.0322. The summed E-state index contributed by atoms with van der Waals surface area (Å²) in [7, 11) is 0. The van der Waals surface area contributed by atoms with Crippen molar-refractivity contribution in [2.24, 2.45) is 5.92 Å². The van der Waals surface area contributed by atoms with E-state index in [2.05, 4.69) is 16.8 Å². The highest BCUT2D eigenvalue weighted by Crippen LogP contribution is 2.28. The lowest BCUT2D eigenvalue weighted by molar-refractivity contribution is -0.145. The second kappa shape index (κ2) is 7.49. The van der Waals surface area contributed by atoms with Crippen molar-refractivity contribution in [1.82, 2.24) is 9.88 Å². The zero-order valence-electron chi connectivity index (χ0n) is 13.6. The molecule has 1 aromatic heterocycles. The Morgan fingerprint density at radius 2 is 2.17 bits per heavy atom. The summed E-state index contributed by atoms with van der Waals surface area (Å²) in [5.74, 6) is 0.293. The molecule has 2 aliphatic heterocycles. The Bertz CT molecular complexity index is 546. The van der Waals surface area contributed by atoms with Crippen molar-refractivity contribution in [2.75, 3.05) is 37.7 Å². The summed E-state index contributed by atoms with van der Waals surface area (Å²) < 4.78 is 5.78. The first kappa shape index (κ1) is 16.5. The second-order valence-electron chi connectivity index (χ2n) is 6.21. The molecule has 3 rings (SSSR count). The zero-order chi connectivity index (χ0) is 16.2. The van der Waals surface area contributed by atoms with E-state index >= 15 is 0 Å². The summed E-state index contributed by atoms with van der Waals surface area (Å²) in [6.07, 6.45) is 6.35. The number of carbonyl (C=O) groups excluding carboxylic acids is 1. The number of nitrogens with zero attached hydrogens (tertiary/aromatic N) is 3. The van der Waals surface area contributed by atoms with Gasteiger partial charge in [-0.3, -0.25) is 9.78 Å². The van der Waals surface area contributed by atoms with Crippen LogP contribution in [0.4, 0.5) is 5.69 Å². The second-order valence-corrected chi connectivity index (χ2v) is 6.61. The van der Waals surface area contributed by atoms with Crippen LogP contribution in [0.25, 0.3) is 0 Å². The molecule has 0 spiro atoms. The SMILES string of the molecule is CCC1OCCCC1C(=O)N1CCN(c2ccncc2Cl)CC1. The van der Waals surface area contributed by atoms with Crippen LogP contribution in [0.15, 0.2) is 18.5 Å². The number of halogens is 1. The lowest BCUT2D eigenvalue weighted by Crippen LogP contribution is -2.52.